The van der Waals surface area contributed by atoms with E-state index < -0.39 is 40.2 Å². The van der Waals surface area contributed by atoms with Crippen molar-refractivity contribution in [1.82, 2.24) is 19.2 Å². The lowest BCUT2D eigenvalue weighted by molar-refractivity contribution is -0.141. The first-order valence-corrected chi connectivity index (χ1v) is 8.04. The first kappa shape index (κ1) is 19.0. The van der Waals surface area contributed by atoms with Gasteiger partial charge in [0.25, 0.3) is 5.56 Å². The Morgan fingerprint density at radius 3 is 2.27 bits per heavy atom. The highest BCUT2D eigenvalue weighted by Gasteiger charge is 2.38. The van der Waals surface area contributed by atoms with Gasteiger partial charge in [0.1, 0.15) is 15.2 Å². The highest BCUT2D eigenvalue weighted by atomic mass is 35.5. The number of alkyl halides is 6. The zero-order valence-electron chi connectivity index (χ0n) is 12.0. The second kappa shape index (κ2) is 6.13. The quantitative estimate of drug-likeness (QED) is 0.561. The van der Waals surface area contributed by atoms with E-state index in [0.717, 1.165) is 10.7 Å². The molecule has 0 aliphatic carbocycles. The third-order valence-electron chi connectivity index (χ3n) is 3.11. The van der Waals surface area contributed by atoms with Gasteiger partial charge >= 0.3 is 12.4 Å². The Kier molecular flexibility index (Phi) is 4.48. The third kappa shape index (κ3) is 3.40. The van der Waals surface area contributed by atoms with E-state index in [4.69, 9.17) is 23.2 Å². The molecule has 0 aliphatic rings. The first-order valence-electron chi connectivity index (χ1n) is 6.46. The molecule has 140 valence electrons. The van der Waals surface area contributed by atoms with Crippen molar-refractivity contribution in [2.24, 2.45) is 0 Å². The second-order valence-corrected chi connectivity index (χ2v) is 6.65. The van der Waals surface area contributed by atoms with Gasteiger partial charge in [0.15, 0.2) is 10.7 Å². The van der Waals surface area contributed by atoms with Crippen molar-refractivity contribution < 1.29 is 26.3 Å². The molecule has 0 unspecified atom stereocenters. The van der Waals surface area contributed by atoms with Gasteiger partial charge in [-0.25, -0.2) is 14.1 Å². The van der Waals surface area contributed by atoms with Crippen LogP contribution in [0.1, 0.15) is 16.3 Å². The summed E-state index contributed by atoms with van der Waals surface area (Å²) >= 11 is 11.4. The summed E-state index contributed by atoms with van der Waals surface area (Å²) in [6, 6.07) is 1.42. The lowest BCUT2D eigenvalue weighted by Crippen LogP contribution is -2.17. The number of fused-ring (bicyclic) bond motifs is 1. The fourth-order valence-electron chi connectivity index (χ4n) is 2.04. The molecule has 0 aromatic carbocycles. The topological polar surface area (TPSA) is 52.2 Å². The predicted octanol–water partition coefficient (Wildman–Crippen LogP) is 4.35. The van der Waals surface area contributed by atoms with Gasteiger partial charge in [0.2, 0.25) is 0 Å². The van der Waals surface area contributed by atoms with Crippen molar-refractivity contribution in [2.75, 3.05) is 0 Å². The van der Waals surface area contributed by atoms with E-state index in [2.05, 4.69) is 10.1 Å². The second-order valence-electron chi connectivity index (χ2n) is 4.93. The van der Waals surface area contributed by atoms with Gasteiger partial charge in [0, 0.05) is 12.1 Å². The lowest BCUT2D eigenvalue weighted by atomic mass is 10.4. The van der Waals surface area contributed by atoms with Gasteiger partial charge in [-0.1, -0.05) is 34.5 Å². The molecular weight excluding hydrogens is 433 g/mol. The lowest BCUT2D eigenvalue weighted by Gasteiger charge is -2.04. The molecule has 0 amide bonds. The maximum atomic E-state index is 12.9. The summed E-state index contributed by atoms with van der Waals surface area (Å²) in [6.07, 6.45) is -9.51. The molecule has 0 aliphatic heterocycles. The van der Waals surface area contributed by atoms with Crippen LogP contribution < -0.4 is 5.56 Å². The summed E-state index contributed by atoms with van der Waals surface area (Å²) in [7, 11) is 0. The van der Waals surface area contributed by atoms with Gasteiger partial charge in [-0.15, -0.1) is 0 Å². The van der Waals surface area contributed by atoms with Crippen LogP contribution in [0.25, 0.3) is 4.96 Å². The van der Waals surface area contributed by atoms with E-state index in [9.17, 15) is 31.1 Å². The Bertz CT molecular complexity index is 1050. The highest BCUT2D eigenvalue weighted by molar-refractivity contribution is 7.17. The monoisotopic (exact) mass is 436 g/mol. The van der Waals surface area contributed by atoms with E-state index in [-0.39, 0.29) is 27.1 Å². The molecule has 26 heavy (non-hydrogen) atoms. The summed E-state index contributed by atoms with van der Waals surface area (Å²) in [5.41, 5.74) is -2.29. The summed E-state index contributed by atoms with van der Waals surface area (Å²) in [4.78, 5) is 14.3. The molecular formula is C12H4Cl2F6N4OS. The molecule has 14 heteroatoms. The number of aromatic nitrogens is 4. The van der Waals surface area contributed by atoms with Gasteiger partial charge in [0.05, 0.1) is 12.2 Å². The Labute approximate surface area is 153 Å². The van der Waals surface area contributed by atoms with Crippen LogP contribution >= 0.6 is 34.5 Å². The van der Waals surface area contributed by atoms with Crippen molar-refractivity contribution >= 4 is 39.5 Å². The van der Waals surface area contributed by atoms with Gasteiger partial charge in [-0.05, 0) is 0 Å². The molecule has 3 aromatic rings. The molecule has 0 bridgehead atoms. The number of hydrogen-bond donors (Lipinski definition) is 0. The van der Waals surface area contributed by atoms with Crippen LogP contribution in [0, 0.1) is 0 Å². The van der Waals surface area contributed by atoms with E-state index >= 15 is 0 Å². The Hall–Kier alpha value is -1.79. The Balaban J connectivity index is 2.05. The summed E-state index contributed by atoms with van der Waals surface area (Å²) < 4.78 is 77.8. The molecule has 0 saturated carbocycles. The minimum absolute atomic E-state index is 0.125. The molecule has 0 atom stereocenters. The van der Waals surface area contributed by atoms with Gasteiger partial charge in [-0.2, -0.15) is 31.4 Å². The van der Waals surface area contributed by atoms with E-state index in [1.807, 2.05) is 0 Å². The number of hydrogen-bond acceptors (Lipinski definition) is 4. The van der Waals surface area contributed by atoms with Crippen LogP contribution in [0.4, 0.5) is 26.3 Å². The summed E-state index contributed by atoms with van der Waals surface area (Å²) in [5, 5.41) is 2.05. The summed E-state index contributed by atoms with van der Waals surface area (Å²) in [5.74, 6) is 0. The number of halogens is 8. The average Bonchev–Trinajstić information content (AvgIpc) is 3.00. The molecule has 3 aromatic heterocycles. The van der Waals surface area contributed by atoms with Crippen LogP contribution in [0.5, 0.6) is 0 Å². The van der Waals surface area contributed by atoms with Crippen molar-refractivity contribution in [2.45, 2.75) is 18.9 Å². The molecule has 0 fully saturated rings. The fraction of sp³-hybridized carbons (Fsp3) is 0.250. The zero-order chi connectivity index (χ0) is 19.4. The van der Waals surface area contributed by atoms with Crippen LogP contribution in [0.15, 0.2) is 16.9 Å². The van der Waals surface area contributed by atoms with Crippen molar-refractivity contribution in [3.63, 3.8) is 0 Å². The average molecular weight is 437 g/mol. The Morgan fingerprint density at radius 2 is 1.73 bits per heavy atom. The third-order valence-corrected chi connectivity index (χ3v) is 4.97. The molecule has 3 heterocycles. The molecule has 0 radical (unpaired) electrons. The minimum Gasteiger partial charge on any atom is -0.269 e. The van der Waals surface area contributed by atoms with Crippen LogP contribution in [-0.2, 0) is 18.9 Å². The van der Waals surface area contributed by atoms with E-state index in [1.54, 1.807) is 0 Å². The van der Waals surface area contributed by atoms with Crippen LogP contribution in [0.3, 0.4) is 0 Å². The summed E-state index contributed by atoms with van der Waals surface area (Å²) in [6.45, 7) is -0.447. The van der Waals surface area contributed by atoms with Gasteiger partial charge < -0.3 is 0 Å². The number of nitrogens with zero attached hydrogens (tertiary/aromatic N) is 4. The van der Waals surface area contributed by atoms with E-state index in [0.29, 0.717) is 10.5 Å². The maximum Gasteiger partial charge on any atom is 0.435 e. The standard InChI is InChI=1S/C12H4Cl2F6N4OS/c13-6-2-5(11(15,16)17)22-23(6)3-4-1-7(25)24-9(14)8(12(18,19)20)26-10(24)21-4/h1-2H,3H2. The van der Waals surface area contributed by atoms with Crippen LogP contribution in [0.2, 0.25) is 10.3 Å². The molecule has 0 spiro atoms. The minimum atomic E-state index is -4.78. The van der Waals surface area contributed by atoms with Crippen molar-refractivity contribution in [3.05, 3.63) is 49.1 Å². The Morgan fingerprint density at radius 1 is 1.08 bits per heavy atom. The molecule has 3 rings (SSSR count). The zero-order valence-corrected chi connectivity index (χ0v) is 14.3. The SMILES string of the molecule is O=c1cc(Cn2nc(C(F)(F)F)cc2Cl)nc2sc(C(F)(F)F)c(Cl)n12. The van der Waals surface area contributed by atoms with Crippen molar-refractivity contribution in [3.8, 4) is 0 Å². The largest absolute Gasteiger partial charge is 0.435 e. The van der Waals surface area contributed by atoms with E-state index in [1.165, 1.54) is 0 Å². The predicted molar refractivity (Wildman–Crippen MR) is 80.7 cm³/mol. The highest BCUT2D eigenvalue weighted by Crippen LogP contribution is 2.39. The molecule has 0 saturated heterocycles. The number of rotatable bonds is 2. The molecule has 5 nitrogen and oxygen atoms in total. The first-order chi connectivity index (χ1) is 11.9. The smallest absolute Gasteiger partial charge is 0.269 e. The maximum absolute atomic E-state index is 12.9. The fourth-order valence-corrected chi connectivity index (χ4v) is 3.59. The normalized spacial score (nSPS) is 12.9. The van der Waals surface area contributed by atoms with Crippen LogP contribution in [-0.4, -0.2) is 19.2 Å². The number of thiazole rings is 1. The van der Waals surface area contributed by atoms with Gasteiger partial charge in [-0.3, -0.25) is 4.79 Å². The molecule has 0 N–H and O–H groups in total. The van der Waals surface area contributed by atoms with Crippen molar-refractivity contribution in [1.29, 1.82) is 0 Å².